The minimum atomic E-state index is -0.515. The van der Waals surface area contributed by atoms with Crippen LogP contribution in [0, 0.1) is 13.8 Å². The van der Waals surface area contributed by atoms with Gasteiger partial charge >= 0.3 is 0 Å². The summed E-state index contributed by atoms with van der Waals surface area (Å²) in [6.45, 7) is 3.92. The molecule has 4 rings (SSSR count). The zero-order valence-electron chi connectivity index (χ0n) is 16.4. The fourth-order valence-corrected chi connectivity index (χ4v) is 3.39. The van der Waals surface area contributed by atoms with Crippen LogP contribution in [0.1, 0.15) is 27.2 Å². The monoisotopic (exact) mass is 388 g/mol. The molecule has 0 saturated heterocycles. The summed E-state index contributed by atoms with van der Waals surface area (Å²) in [5.41, 5.74) is 6.46. The summed E-state index contributed by atoms with van der Waals surface area (Å²) < 4.78 is 0. The van der Waals surface area contributed by atoms with Gasteiger partial charge in [-0.15, -0.1) is 0 Å². The second kappa shape index (κ2) is 7.44. The number of para-hydroxylation sites is 1. The summed E-state index contributed by atoms with van der Waals surface area (Å²) in [4.78, 5) is 41.0. The first kappa shape index (κ1) is 18.8. The number of hydrogen-bond acceptors (Lipinski definition) is 5. The Bertz CT molecular complexity index is 1110. The van der Waals surface area contributed by atoms with Gasteiger partial charge < -0.3 is 0 Å². The lowest BCUT2D eigenvalue weighted by Crippen LogP contribution is -2.25. The van der Waals surface area contributed by atoms with E-state index >= 15 is 0 Å². The molecule has 2 amide bonds. The third kappa shape index (κ3) is 3.36. The molecule has 2 aromatic carbocycles. The van der Waals surface area contributed by atoms with Crippen LogP contribution in [0.5, 0.6) is 0 Å². The van der Waals surface area contributed by atoms with E-state index in [0.717, 1.165) is 22.4 Å². The highest BCUT2D eigenvalue weighted by Gasteiger charge is 2.36. The van der Waals surface area contributed by atoms with E-state index in [0.29, 0.717) is 17.2 Å². The van der Waals surface area contributed by atoms with Gasteiger partial charge in [0, 0.05) is 11.1 Å². The molecule has 0 saturated carbocycles. The zero-order valence-corrected chi connectivity index (χ0v) is 16.4. The third-order valence-electron chi connectivity index (χ3n) is 4.85. The van der Waals surface area contributed by atoms with Crippen molar-refractivity contribution in [2.24, 2.45) is 0 Å². The molecule has 29 heavy (non-hydrogen) atoms. The summed E-state index contributed by atoms with van der Waals surface area (Å²) in [5.74, 6) is 0.129. The van der Waals surface area contributed by atoms with Crippen LogP contribution in [0.2, 0.25) is 0 Å². The van der Waals surface area contributed by atoms with Gasteiger partial charge in [0.1, 0.15) is 11.5 Å². The molecule has 3 aromatic rings. The van der Waals surface area contributed by atoms with E-state index in [4.69, 9.17) is 4.84 Å². The molecule has 2 heterocycles. The fraction of sp³-hybridized carbons (Fsp3) is 0.182. The SMILES string of the molecule is CONC(=O)c1nc(-c2ccc(C)cc2)nc2c1CC(=O)N2c1ccccc1C. The van der Waals surface area contributed by atoms with Crippen LogP contribution in [0.15, 0.2) is 48.5 Å². The fourth-order valence-electron chi connectivity index (χ4n) is 3.39. The van der Waals surface area contributed by atoms with Crippen molar-refractivity contribution in [3.63, 3.8) is 0 Å². The number of hydrogen-bond donors (Lipinski definition) is 1. The molecular formula is C22H20N4O3. The van der Waals surface area contributed by atoms with E-state index in [1.165, 1.54) is 7.11 Å². The van der Waals surface area contributed by atoms with Gasteiger partial charge in [0.15, 0.2) is 5.82 Å². The highest BCUT2D eigenvalue weighted by atomic mass is 16.6. The van der Waals surface area contributed by atoms with Crippen molar-refractivity contribution < 1.29 is 14.4 Å². The van der Waals surface area contributed by atoms with E-state index in [9.17, 15) is 9.59 Å². The van der Waals surface area contributed by atoms with Crippen molar-refractivity contribution in [3.05, 3.63) is 70.9 Å². The summed E-state index contributed by atoms with van der Waals surface area (Å²) in [7, 11) is 1.35. The molecule has 0 radical (unpaired) electrons. The summed E-state index contributed by atoms with van der Waals surface area (Å²) in [5, 5.41) is 0. The molecule has 0 atom stereocenters. The van der Waals surface area contributed by atoms with Gasteiger partial charge in [-0.05, 0) is 25.5 Å². The van der Waals surface area contributed by atoms with Crippen molar-refractivity contribution in [2.45, 2.75) is 20.3 Å². The zero-order chi connectivity index (χ0) is 20.5. The van der Waals surface area contributed by atoms with Crippen LogP contribution in [0.4, 0.5) is 11.5 Å². The second-order valence-electron chi connectivity index (χ2n) is 6.89. The van der Waals surface area contributed by atoms with Crippen molar-refractivity contribution in [2.75, 3.05) is 12.0 Å². The van der Waals surface area contributed by atoms with Gasteiger partial charge in [0.2, 0.25) is 5.91 Å². The molecule has 1 aromatic heterocycles. The summed E-state index contributed by atoms with van der Waals surface area (Å²) >= 11 is 0. The highest BCUT2D eigenvalue weighted by molar-refractivity contribution is 6.10. The predicted octanol–water partition coefficient (Wildman–Crippen LogP) is 3.27. The van der Waals surface area contributed by atoms with E-state index < -0.39 is 5.91 Å². The number of carbonyl (C=O) groups excluding carboxylic acids is 2. The quantitative estimate of drug-likeness (QED) is 0.694. The third-order valence-corrected chi connectivity index (χ3v) is 4.85. The van der Waals surface area contributed by atoms with Crippen LogP contribution in [0.25, 0.3) is 11.4 Å². The minimum Gasteiger partial charge on any atom is -0.277 e. The summed E-state index contributed by atoms with van der Waals surface area (Å²) in [6, 6.07) is 15.3. The maximum absolute atomic E-state index is 12.9. The Kier molecular flexibility index (Phi) is 4.82. The molecule has 1 aliphatic heterocycles. The number of amides is 2. The first-order valence-corrected chi connectivity index (χ1v) is 9.19. The van der Waals surface area contributed by atoms with Gasteiger partial charge in [0.25, 0.3) is 5.91 Å². The molecule has 1 aliphatic rings. The average molecular weight is 388 g/mol. The van der Waals surface area contributed by atoms with Crippen LogP contribution in [-0.2, 0) is 16.1 Å². The normalized spacial score (nSPS) is 12.8. The van der Waals surface area contributed by atoms with Crippen molar-refractivity contribution in [1.29, 1.82) is 0 Å². The van der Waals surface area contributed by atoms with Gasteiger partial charge in [-0.1, -0.05) is 48.0 Å². The maximum atomic E-state index is 12.9. The Balaban J connectivity index is 1.93. The molecule has 0 aliphatic carbocycles. The molecule has 146 valence electrons. The predicted molar refractivity (Wildman–Crippen MR) is 109 cm³/mol. The molecule has 7 heteroatoms. The molecule has 7 nitrogen and oxygen atoms in total. The lowest BCUT2D eigenvalue weighted by Gasteiger charge is -2.19. The number of aromatic nitrogens is 2. The molecular weight excluding hydrogens is 368 g/mol. The average Bonchev–Trinajstić information content (AvgIpc) is 3.04. The smallest absolute Gasteiger partial charge is 0.277 e. The van der Waals surface area contributed by atoms with E-state index in [1.54, 1.807) is 4.90 Å². The van der Waals surface area contributed by atoms with E-state index in [2.05, 4.69) is 15.4 Å². The van der Waals surface area contributed by atoms with Gasteiger partial charge in [-0.2, -0.15) is 0 Å². The van der Waals surface area contributed by atoms with Crippen LogP contribution in [-0.4, -0.2) is 28.9 Å². The maximum Gasteiger partial charge on any atom is 0.293 e. The number of carbonyl (C=O) groups is 2. The number of aryl methyl sites for hydroxylation is 2. The Morgan fingerprint density at radius 2 is 1.79 bits per heavy atom. The molecule has 0 spiro atoms. The van der Waals surface area contributed by atoms with Crippen LogP contribution in [0.3, 0.4) is 0 Å². The van der Waals surface area contributed by atoms with Crippen molar-refractivity contribution in [3.8, 4) is 11.4 Å². The summed E-state index contributed by atoms with van der Waals surface area (Å²) in [6.07, 6.45) is 0.0459. The number of nitrogens with one attached hydrogen (secondary N) is 1. The first-order chi connectivity index (χ1) is 14.0. The van der Waals surface area contributed by atoms with Gasteiger partial charge in [0.05, 0.1) is 19.2 Å². The molecule has 0 unspecified atom stereocenters. The van der Waals surface area contributed by atoms with Crippen molar-refractivity contribution in [1.82, 2.24) is 15.4 Å². The van der Waals surface area contributed by atoms with Gasteiger partial charge in [-0.25, -0.2) is 15.4 Å². The number of rotatable bonds is 4. The second-order valence-corrected chi connectivity index (χ2v) is 6.89. The van der Waals surface area contributed by atoms with Gasteiger partial charge in [-0.3, -0.25) is 19.3 Å². The lowest BCUT2D eigenvalue weighted by molar-refractivity contribution is -0.116. The van der Waals surface area contributed by atoms with E-state index in [-0.39, 0.29) is 18.0 Å². The number of nitrogens with zero attached hydrogens (tertiary/aromatic N) is 3. The Labute approximate surface area is 168 Å². The van der Waals surface area contributed by atoms with Crippen LogP contribution >= 0.6 is 0 Å². The number of benzene rings is 2. The number of fused-ring (bicyclic) bond motifs is 1. The Morgan fingerprint density at radius 1 is 1.07 bits per heavy atom. The van der Waals surface area contributed by atoms with Crippen molar-refractivity contribution >= 4 is 23.3 Å². The number of hydroxylamine groups is 1. The molecule has 1 N–H and O–H groups in total. The molecule has 0 fully saturated rings. The van der Waals surface area contributed by atoms with Crippen LogP contribution < -0.4 is 10.4 Å². The highest BCUT2D eigenvalue weighted by Crippen LogP contribution is 2.38. The Hall–Kier alpha value is -3.58. The Morgan fingerprint density at radius 3 is 2.48 bits per heavy atom. The minimum absolute atomic E-state index is 0.0459. The lowest BCUT2D eigenvalue weighted by atomic mass is 10.1. The standard InChI is InChI=1S/C22H20N4O3/c1-13-8-10-15(11-9-13)20-23-19(22(28)25-29-3)16-12-18(27)26(21(16)24-20)17-7-5-4-6-14(17)2/h4-11H,12H2,1-3H3,(H,25,28). The van der Waals surface area contributed by atoms with E-state index in [1.807, 2.05) is 62.4 Å². The molecule has 0 bridgehead atoms. The first-order valence-electron chi connectivity index (χ1n) is 9.19. The largest absolute Gasteiger partial charge is 0.293 e. The number of anilines is 2. The topological polar surface area (TPSA) is 84.4 Å².